The maximum atomic E-state index is 10.2. The molecule has 40 valence electrons. The second kappa shape index (κ2) is 3.97. The van der Waals surface area contributed by atoms with Gasteiger partial charge in [-0.3, -0.25) is 0 Å². The van der Waals surface area contributed by atoms with E-state index in [1.54, 1.807) is 0 Å². The van der Waals surface area contributed by atoms with Gasteiger partial charge in [0.25, 0.3) is 0 Å². The van der Waals surface area contributed by atoms with Crippen LogP contribution in [-0.4, -0.2) is 9.79 Å². The molecule has 7 heteroatoms. The summed E-state index contributed by atoms with van der Waals surface area (Å²) in [4.78, 5) is 14.7. The largest absolute Gasteiger partial charge is 1.00 e. The van der Waals surface area contributed by atoms with E-state index < -0.39 is 7.82 Å². The SMILES string of the molecule is O=P(O)(O)OF.[H-].[Na+]. The van der Waals surface area contributed by atoms with Gasteiger partial charge < -0.3 is 11.2 Å². The number of hydrogen-bond acceptors (Lipinski definition) is 2. The first-order valence-corrected chi connectivity index (χ1v) is 2.45. The fourth-order valence-corrected chi connectivity index (χ4v) is 0. The topological polar surface area (TPSA) is 66.8 Å². The van der Waals surface area contributed by atoms with E-state index in [0.29, 0.717) is 0 Å². The molecule has 0 atom stereocenters. The van der Waals surface area contributed by atoms with E-state index in [4.69, 9.17) is 14.4 Å². The third kappa shape index (κ3) is 11.0. The molecule has 0 aliphatic heterocycles. The Labute approximate surface area is 62.6 Å². The summed E-state index contributed by atoms with van der Waals surface area (Å²) in [6, 6.07) is 0. The maximum absolute atomic E-state index is 10.2. The molecule has 0 fully saturated rings. The van der Waals surface area contributed by atoms with Crippen LogP contribution >= 0.6 is 7.82 Å². The van der Waals surface area contributed by atoms with Crippen LogP contribution in [0.15, 0.2) is 0 Å². The van der Waals surface area contributed by atoms with Crippen molar-refractivity contribution in [1.29, 1.82) is 0 Å². The Kier molecular flexibility index (Phi) is 6.20. The van der Waals surface area contributed by atoms with Crippen molar-refractivity contribution in [2.45, 2.75) is 0 Å². The van der Waals surface area contributed by atoms with Gasteiger partial charge in [-0.15, -0.1) is 0 Å². The standard InChI is InChI=1S/FH2O4P.Na.H/c1-5-6(2,3)4;;/h(H2,2,3,4);;/q;+1;-1. The summed E-state index contributed by atoms with van der Waals surface area (Å²) in [6.07, 6.45) is 0. The van der Waals surface area contributed by atoms with Crippen molar-refractivity contribution in [1.82, 2.24) is 0 Å². The van der Waals surface area contributed by atoms with Crippen molar-refractivity contribution >= 4 is 7.82 Å². The van der Waals surface area contributed by atoms with Crippen LogP contribution in [0.4, 0.5) is 4.53 Å². The minimum Gasteiger partial charge on any atom is -1.00 e. The molecule has 0 aliphatic rings. The van der Waals surface area contributed by atoms with Crippen LogP contribution in [0, 0.1) is 0 Å². The Morgan fingerprint density at radius 3 is 1.86 bits per heavy atom. The van der Waals surface area contributed by atoms with Crippen molar-refractivity contribution in [2.75, 3.05) is 0 Å². The summed E-state index contributed by atoms with van der Waals surface area (Å²) in [6.45, 7) is 0. The van der Waals surface area contributed by atoms with E-state index >= 15 is 0 Å². The quantitative estimate of drug-likeness (QED) is 0.303. The van der Waals surface area contributed by atoms with Gasteiger partial charge in [-0.05, 0) is 4.53 Å². The van der Waals surface area contributed by atoms with E-state index in [9.17, 15) is 4.53 Å². The summed E-state index contributed by atoms with van der Waals surface area (Å²) in [5.41, 5.74) is 0. The van der Waals surface area contributed by atoms with Crippen LogP contribution in [0.1, 0.15) is 1.43 Å². The number of hydrogen-bond donors (Lipinski definition) is 2. The third-order valence-corrected chi connectivity index (χ3v) is 0.270. The van der Waals surface area contributed by atoms with Crippen LogP contribution in [0.5, 0.6) is 0 Å². The molecule has 0 saturated heterocycles. The Morgan fingerprint density at radius 1 is 1.71 bits per heavy atom. The summed E-state index contributed by atoms with van der Waals surface area (Å²) in [5, 5.41) is 0. The fraction of sp³-hybridized carbons (Fsp3) is 0. The molecule has 0 aromatic rings. The molecular formula is H3FNaO4P. The van der Waals surface area contributed by atoms with E-state index in [1.807, 2.05) is 0 Å². The average Bonchev–Trinajstić information content (AvgIpc) is 1.35. The molecule has 0 aromatic heterocycles. The van der Waals surface area contributed by atoms with Gasteiger partial charge in [0.15, 0.2) is 0 Å². The number of rotatable bonds is 1. The fourth-order valence-electron chi connectivity index (χ4n) is 0. The molecule has 0 aromatic carbocycles. The minimum absolute atomic E-state index is 0. The summed E-state index contributed by atoms with van der Waals surface area (Å²) < 4.78 is 21.4. The van der Waals surface area contributed by atoms with Crippen molar-refractivity contribution in [3.63, 3.8) is 0 Å². The third-order valence-electron chi connectivity index (χ3n) is 0.0899. The van der Waals surface area contributed by atoms with Gasteiger partial charge in [0.2, 0.25) is 0 Å². The average molecular weight is 140 g/mol. The molecular weight excluding hydrogens is 137 g/mol. The molecule has 0 bridgehead atoms. The first-order chi connectivity index (χ1) is 2.56. The van der Waals surface area contributed by atoms with Gasteiger partial charge in [0, 0.05) is 0 Å². The molecule has 0 aliphatic carbocycles. The molecule has 2 N–H and O–H groups in total. The molecule has 0 radical (unpaired) electrons. The van der Waals surface area contributed by atoms with Gasteiger partial charge in [0.1, 0.15) is 0 Å². The van der Waals surface area contributed by atoms with Gasteiger partial charge in [-0.25, -0.2) is 4.57 Å². The zero-order valence-corrected chi connectivity index (χ0v) is 6.43. The molecule has 0 rings (SSSR count). The molecule has 0 heterocycles. The Morgan fingerprint density at radius 2 is 1.86 bits per heavy atom. The van der Waals surface area contributed by atoms with Gasteiger partial charge in [-0.1, -0.05) is 4.73 Å². The van der Waals surface area contributed by atoms with Gasteiger partial charge >= 0.3 is 37.4 Å². The summed E-state index contributed by atoms with van der Waals surface area (Å²) >= 11 is 0. The molecule has 4 nitrogen and oxygen atoms in total. The second-order valence-corrected chi connectivity index (χ2v) is 1.68. The van der Waals surface area contributed by atoms with Gasteiger partial charge in [0.05, 0.1) is 0 Å². The number of halogens is 1. The predicted octanol–water partition coefficient (Wildman–Crippen LogP) is -2.90. The molecule has 0 saturated carbocycles. The first kappa shape index (κ1) is 10.9. The van der Waals surface area contributed by atoms with E-state index in [2.05, 4.69) is 4.73 Å². The van der Waals surface area contributed by atoms with Crippen LogP contribution in [-0.2, 0) is 9.29 Å². The first-order valence-electron chi connectivity index (χ1n) is 0.919. The Bertz CT molecular complexity index is 80.1. The van der Waals surface area contributed by atoms with Crippen LogP contribution in [0.3, 0.4) is 0 Å². The van der Waals surface area contributed by atoms with Crippen LogP contribution in [0.2, 0.25) is 0 Å². The monoisotopic (exact) mass is 140 g/mol. The summed E-state index contributed by atoms with van der Waals surface area (Å²) in [5.74, 6) is 0. The zero-order chi connectivity index (χ0) is 5.21. The summed E-state index contributed by atoms with van der Waals surface area (Å²) in [7, 11) is -4.81. The van der Waals surface area contributed by atoms with Crippen molar-refractivity contribution in [3.05, 3.63) is 0 Å². The van der Waals surface area contributed by atoms with Crippen LogP contribution in [0.25, 0.3) is 0 Å². The van der Waals surface area contributed by atoms with Crippen molar-refractivity contribution in [3.8, 4) is 0 Å². The van der Waals surface area contributed by atoms with Crippen molar-refractivity contribution < 1.29 is 54.6 Å². The smallest absolute Gasteiger partial charge is 1.00 e. The van der Waals surface area contributed by atoms with Crippen LogP contribution < -0.4 is 29.6 Å². The van der Waals surface area contributed by atoms with Gasteiger partial charge in [-0.2, -0.15) is 0 Å². The molecule has 0 spiro atoms. The van der Waals surface area contributed by atoms with E-state index in [1.165, 1.54) is 0 Å². The van der Waals surface area contributed by atoms with E-state index in [0.717, 1.165) is 0 Å². The predicted molar refractivity (Wildman–Crippen MR) is 15.3 cm³/mol. The molecule has 7 heavy (non-hydrogen) atoms. The Hall–Kier alpha value is 1.04. The molecule has 0 unspecified atom stereocenters. The normalized spacial score (nSPS) is 10.1. The van der Waals surface area contributed by atoms with E-state index in [-0.39, 0.29) is 31.0 Å². The maximum Gasteiger partial charge on any atom is 1.00 e. The number of phosphoric acid groups is 1. The second-order valence-electron chi connectivity index (χ2n) is 0.560. The van der Waals surface area contributed by atoms with Crippen molar-refractivity contribution in [2.24, 2.45) is 0 Å². The Balaban J connectivity index is -0.000000125. The zero-order valence-electron chi connectivity index (χ0n) is 4.54. The molecule has 0 amide bonds. The minimum atomic E-state index is -4.81.